The molecule has 1 aromatic carbocycles. The van der Waals surface area contributed by atoms with Gasteiger partial charge in [0, 0.05) is 24.7 Å². The number of likely N-dealkylation sites (N-methyl/N-ethyl adjacent to an activating group) is 1. The Morgan fingerprint density at radius 2 is 2.21 bits per heavy atom. The highest BCUT2D eigenvalue weighted by Crippen LogP contribution is 2.17. The molecule has 1 rings (SSSR count). The minimum atomic E-state index is -0.0177. The summed E-state index contributed by atoms with van der Waals surface area (Å²) >= 11 is 0. The fourth-order valence-electron chi connectivity index (χ4n) is 1.50. The van der Waals surface area contributed by atoms with E-state index in [0.29, 0.717) is 26.0 Å². The minimum Gasteiger partial charge on any atom is -0.492 e. The summed E-state index contributed by atoms with van der Waals surface area (Å²) in [6, 6.07) is 7.42. The third kappa shape index (κ3) is 6.79. The topological polar surface area (TPSA) is 67.6 Å². The zero-order chi connectivity index (χ0) is 14.1. The molecule has 5 nitrogen and oxygen atoms in total. The molecule has 0 unspecified atom stereocenters. The van der Waals surface area contributed by atoms with Crippen LogP contribution in [0.1, 0.15) is 12.8 Å². The van der Waals surface area contributed by atoms with Gasteiger partial charge in [0.1, 0.15) is 12.4 Å². The van der Waals surface area contributed by atoms with Crippen molar-refractivity contribution in [3.63, 3.8) is 0 Å². The summed E-state index contributed by atoms with van der Waals surface area (Å²) in [4.78, 5) is 13.6. The number of hydrogen-bond donors (Lipinski definition) is 2. The van der Waals surface area contributed by atoms with Crippen LogP contribution in [0.2, 0.25) is 0 Å². The Morgan fingerprint density at radius 1 is 1.42 bits per heavy atom. The van der Waals surface area contributed by atoms with Gasteiger partial charge in [0.2, 0.25) is 5.91 Å². The maximum absolute atomic E-state index is 11.6. The van der Waals surface area contributed by atoms with E-state index in [2.05, 4.69) is 10.2 Å². The Hall–Kier alpha value is -1.59. The van der Waals surface area contributed by atoms with E-state index < -0.39 is 0 Å². The number of ether oxygens (including phenoxy) is 1. The van der Waals surface area contributed by atoms with E-state index in [1.807, 2.05) is 38.4 Å². The summed E-state index contributed by atoms with van der Waals surface area (Å²) in [7, 11) is 3.99. The molecule has 0 fully saturated rings. The first-order valence-electron chi connectivity index (χ1n) is 6.49. The highest BCUT2D eigenvalue weighted by molar-refractivity contribution is 5.90. The van der Waals surface area contributed by atoms with Gasteiger partial charge >= 0.3 is 0 Å². The van der Waals surface area contributed by atoms with Crippen molar-refractivity contribution in [1.82, 2.24) is 4.90 Å². The number of carbonyl (C=O) groups excluding carboxylic acids is 1. The first-order chi connectivity index (χ1) is 9.11. The quantitative estimate of drug-likeness (QED) is 0.743. The standard InChI is InChI=1S/C14H23N3O2/c1-17(2)9-10-19-13-6-3-5-12(11-13)16-14(18)7-4-8-15/h3,5-6,11H,4,7-10,15H2,1-2H3,(H,16,18). The summed E-state index contributed by atoms with van der Waals surface area (Å²) in [6.07, 6.45) is 1.15. The molecule has 1 amide bonds. The molecule has 3 N–H and O–H groups in total. The lowest BCUT2D eigenvalue weighted by Gasteiger charge is -2.12. The zero-order valence-electron chi connectivity index (χ0n) is 11.7. The van der Waals surface area contributed by atoms with Crippen molar-refractivity contribution in [3.05, 3.63) is 24.3 Å². The lowest BCUT2D eigenvalue weighted by atomic mass is 10.2. The number of nitrogens with one attached hydrogen (secondary N) is 1. The molecule has 106 valence electrons. The second kappa shape index (κ2) is 8.50. The highest BCUT2D eigenvalue weighted by atomic mass is 16.5. The molecule has 0 atom stereocenters. The lowest BCUT2D eigenvalue weighted by molar-refractivity contribution is -0.116. The van der Waals surface area contributed by atoms with Crippen molar-refractivity contribution in [3.8, 4) is 5.75 Å². The fourth-order valence-corrected chi connectivity index (χ4v) is 1.50. The molecule has 0 aliphatic heterocycles. The molecular formula is C14H23N3O2. The number of rotatable bonds is 8. The number of carbonyl (C=O) groups is 1. The van der Waals surface area contributed by atoms with Crippen LogP contribution in [0.15, 0.2) is 24.3 Å². The predicted octanol–water partition coefficient (Wildman–Crippen LogP) is 1.30. The van der Waals surface area contributed by atoms with Gasteiger partial charge in [-0.2, -0.15) is 0 Å². The summed E-state index contributed by atoms with van der Waals surface area (Å²) in [6.45, 7) is 2.01. The van der Waals surface area contributed by atoms with Crippen LogP contribution in [0.5, 0.6) is 5.75 Å². The van der Waals surface area contributed by atoms with Crippen LogP contribution in [0, 0.1) is 0 Å². The molecule has 0 aliphatic carbocycles. The molecule has 0 saturated carbocycles. The smallest absolute Gasteiger partial charge is 0.224 e. The number of nitrogens with zero attached hydrogens (tertiary/aromatic N) is 1. The SMILES string of the molecule is CN(C)CCOc1cccc(NC(=O)CCCN)c1. The third-order valence-corrected chi connectivity index (χ3v) is 2.53. The Kier molecular flexibility index (Phi) is 6.92. The monoisotopic (exact) mass is 265 g/mol. The van der Waals surface area contributed by atoms with Crippen LogP contribution < -0.4 is 15.8 Å². The third-order valence-electron chi connectivity index (χ3n) is 2.53. The van der Waals surface area contributed by atoms with E-state index >= 15 is 0 Å². The molecule has 1 aromatic rings. The maximum Gasteiger partial charge on any atom is 0.224 e. The van der Waals surface area contributed by atoms with Crippen LogP contribution in [0.3, 0.4) is 0 Å². The predicted molar refractivity (Wildman–Crippen MR) is 77.4 cm³/mol. The van der Waals surface area contributed by atoms with E-state index in [4.69, 9.17) is 10.5 Å². The molecule has 0 heterocycles. The van der Waals surface area contributed by atoms with Gasteiger partial charge in [-0.15, -0.1) is 0 Å². The van der Waals surface area contributed by atoms with Crippen molar-refractivity contribution in [2.75, 3.05) is 39.1 Å². The number of anilines is 1. The van der Waals surface area contributed by atoms with E-state index in [1.54, 1.807) is 0 Å². The first-order valence-corrected chi connectivity index (χ1v) is 6.49. The Morgan fingerprint density at radius 3 is 2.89 bits per heavy atom. The second-order valence-electron chi connectivity index (χ2n) is 4.62. The molecule has 0 aliphatic rings. The van der Waals surface area contributed by atoms with Crippen LogP contribution in [-0.4, -0.2) is 44.6 Å². The molecule has 0 saturated heterocycles. The van der Waals surface area contributed by atoms with Gasteiger partial charge in [0.05, 0.1) is 0 Å². The second-order valence-corrected chi connectivity index (χ2v) is 4.62. The van der Waals surface area contributed by atoms with Crippen LogP contribution in [0.4, 0.5) is 5.69 Å². The van der Waals surface area contributed by atoms with Gasteiger partial charge in [-0.25, -0.2) is 0 Å². The van der Waals surface area contributed by atoms with Gasteiger partial charge in [-0.3, -0.25) is 4.79 Å². The van der Waals surface area contributed by atoms with E-state index in [-0.39, 0.29) is 5.91 Å². The van der Waals surface area contributed by atoms with E-state index in [9.17, 15) is 4.79 Å². The summed E-state index contributed by atoms with van der Waals surface area (Å²) < 4.78 is 5.61. The minimum absolute atomic E-state index is 0.0177. The van der Waals surface area contributed by atoms with Crippen LogP contribution >= 0.6 is 0 Å². The molecule has 0 spiro atoms. The molecular weight excluding hydrogens is 242 g/mol. The van der Waals surface area contributed by atoms with Gasteiger partial charge in [-0.1, -0.05) is 6.07 Å². The van der Waals surface area contributed by atoms with Gasteiger partial charge in [0.15, 0.2) is 0 Å². The largest absolute Gasteiger partial charge is 0.492 e. The molecule has 0 bridgehead atoms. The molecule has 19 heavy (non-hydrogen) atoms. The lowest BCUT2D eigenvalue weighted by Crippen LogP contribution is -2.19. The Balaban J connectivity index is 2.45. The summed E-state index contributed by atoms with van der Waals surface area (Å²) in [5.41, 5.74) is 6.12. The van der Waals surface area contributed by atoms with Crippen molar-refractivity contribution < 1.29 is 9.53 Å². The van der Waals surface area contributed by atoms with Crippen molar-refractivity contribution in [2.45, 2.75) is 12.8 Å². The number of nitrogens with two attached hydrogens (primary N) is 1. The summed E-state index contributed by atoms with van der Waals surface area (Å²) in [5, 5.41) is 2.83. The van der Waals surface area contributed by atoms with Crippen molar-refractivity contribution in [2.24, 2.45) is 5.73 Å². The Bertz CT molecular complexity index is 394. The first kappa shape index (κ1) is 15.5. The van der Waals surface area contributed by atoms with Gasteiger partial charge in [0.25, 0.3) is 0 Å². The molecule has 5 heteroatoms. The fraction of sp³-hybridized carbons (Fsp3) is 0.500. The van der Waals surface area contributed by atoms with Gasteiger partial charge in [-0.05, 0) is 39.2 Å². The Labute approximate surface area is 114 Å². The highest BCUT2D eigenvalue weighted by Gasteiger charge is 2.03. The maximum atomic E-state index is 11.6. The average molecular weight is 265 g/mol. The number of hydrogen-bond acceptors (Lipinski definition) is 4. The normalized spacial score (nSPS) is 10.5. The van der Waals surface area contributed by atoms with Crippen molar-refractivity contribution >= 4 is 11.6 Å². The summed E-state index contributed by atoms with van der Waals surface area (Å²) in [5.74, 6) is 0.745. The number of benzene rings is 1. The average Bonchev–Trinajstić information content (AvgIpc) is 2.36. The van der Waals surface area contributed by atoms with Crippen LogP contribution in [0.25, 0.3) is 0 Å². The van der Waals surface area contributed by atoms with Gasteiger partial charge < -0.3 is 20.7 Å². The van der Waals surface area contributed by atoms with Crippen molar-refractivity contribution in [1.29, 1.82) is 0 Å². The van der Waals surface area contributed by atoms with Crippen LogP contribution in [-0.2, 0) is 4.79 Å². The van der Waals surface area contributed by atoms with E-state index in [0.717, 1.165) is 18.0 Å². The molecule has 0 aromatic heterocycles. The zero-order valence-corrected chi connectivity index (χ0v) is 11.7. The number of amides is 1. The molecule has 0 radical (unpaired) electrons. The van der Waals surface area contributed by atoms with E-state index in [1.165, 1.54) is 0 Å².